The lowest BCUT2D eigenvalue weighted by Crippen LogP contribution is -2.17. The van der Waals surface area contributed by atoms with Gasteiger partial charge in [-0.25, -0.2) is 4.98 Å². The molecule has 0 saturated heterocycles. The van der Waals surface area contributed by atoms with E-state index in [2.05, 4.69) is 38.1 Å². The summed E-state index contributed by atoms with van der Waals surface area (Å²) >= 11 is 0. The summed E-state index contributed by atoms with van der Waals surface area (Å²) in [5.41, 5.74) is 3.04. The third-order valence-electron chi connectivity index (χ3n) is 5.15. The lowest BCUT2D eigenvalue weighted by molar-refractivity contribution is -0.114. The first-order chi connectivity index (χ1) is 15.0. The fourth-order valence-corrected chi connectivity index (χ4v) is 3.53. The molecule has 0 aliphatic heterocycles. The fraction of sp³-hybridized carbons (Fsp3) is 0.250. The molecular formula is C24H25N5O2. The Hall–Kier alpha value is -3.74. The Bertz CT molecular complexity index is 1100. The number of carbonyl (C=O) groups excluding carboxylic acids is 2. The van der Waals surface area contributed by atoms with E-state index in [1.807, 2.05) is 30.3 Å². The van der Waals surface area contributed by atoms with Crippen molar-refractivity contribution in [1.29, 1.82) is 0 Å². The third-order valence-corrected chi connectivity index (χ3v) is 5.15. The minimum atomic E-state index is -0.141. The maximum Gasteiger partial charge on any atom is 0.229 e. The Morgan fingerprint density at radius 3 is 2.42 bits per heavy atom. The van der Waals surface area contributed by atoms with Crippen LogP contribution in [0.5, 0.6) is 0 Å². The Kier molecular flexibility index (Phi) is 5.93. The van der Waals surface area contributed by atoms with Gasteiger partial charge >= 0.3 is 0 Å². The normalized spacial score (nSPS) is 13.9. The Morgan fingerprint density at radius 2 is 1.74 bits per heavy atom. The van der Waals surface area contributed by atoms with Crippen molar-refractivity contribution in [3.05, 3.63) is 71.9 Å². The van der Waals surface area contributed by atoms with Crippen LogP contribution in [0.4, 0.5) is 23.1 Å². The molecule has 1 atom stereocenters. The minimum Gasteiger partial charge on any atom is -0.362 e. The van der Waals surface area contributed by atoms with Gasteiger partial charge in [-0.1, -0.05) is 36.4 Å². The van der Waals surface area contributed by atoms with E-state index in [0.717, 1.165) is 18.5 Å². The van der Waals surface area contributed by atoms with E-state index in [-0.39, 0.29) is 17.7 Å². The zero-order chi connectivity index (χ0) is 21.8. The number of anilines is 4. The van der Waals surface area contributed by atoms with Crippen molar-refractivity contribution >= 4 is 34.8 Å². The van der Waals surface area contributed by atoms with Crippen molar-refractivity contribution in [3.8, 4) is 0 Å². The van der Waals surface area contributed by atoms with E-state index in [9.17, 15) is 9.59 Å². The molecule has 1 aliphatic rings. The molecule has 7 nitrogen and oxygen atoms in total. The second-order valence-corrected chi connectivity index (χ2v) is 7.77. The van der Waals surface area contributed by atoms with Crippen molar-refractivity contribution in [3.63, 3.8) is 0 Å². The molecule has 7 heteroatoms. The monoisotopic (exact) mass is 415 g/mol. The number of hydrogen-bond acceptors (Lipinski definition) is 6. The van der Waals surface area contributed by atoms with Gasteiger partial charge in [-0.2, -0.15) is 4.98 Å². The van der Waals surface area contributed by atoms with Gasteiger partial charge < -0.3 is 16.0 Å². The van der Waals surface area contributed by atoms with Crippen molar-refractivity contribution in [2.45, 2.75) is 32.7 Å². The highest BCUT2D eigenvalue weighted by molar-refractivity contribution is 5.98. The number of benzene rings is 2. The molecule has 1 amide bonds. The van der Waals surface area contributed by atoms with Crippen molar-refractivity contribution < 1.29 is 9.59 Å². The molecule has 1 heterocycles. The number of aromatic nitrogens is 2. The van der Waals surface area contributed by atoms with Crippen LogP contribution in [0, 0.1) is 5.92 Å². The summed E-state index contributed by atoms with van der Waals surface area (Å²) in [6.07, 6.45) is 3.84. The minimum absolute atomic E-state index is 0.0881. The molecule has 1 aliphatic carbocycles. The van der Waals surface area contributed by atoms with Crippen molar-refractivity contribution in [2.24, 2.45) is 5.92 Å². The number of Topliss-reactive ketones (excluding diaryl/α,β-unsaturated/α-hetero) is 1. The maximum atomic E-state index is 12.2. The molecule has 0 spiro atoms. The topological polar surface area (TPSA) is 96.0 Å². The molecule has 31 heavy (non-hydrogen) atoms. The van der Waals surface area contributed by atoms with Gasteiger partial charge in [0.2, 0.25) is 11.9 Å². The number of carbonyl (C=O) groups is 2. The van der Waals surface area contributed by atoms with Crippen LogP contribution >= 0.6 is 0 Å². The van der Waals surface area contributed by atoms with Crippen molar-refractivity contribution in [1.82, 2.24) is 9.97 Å². The van der Waals surface area contributed by atoms with Gasteiger partial charge in [0, 0.05) is 24.5 Å². The Labute approximate surface area is 181 Å². The first-order valence-corrected chi connectivity index (χ1v) is 10.3. The first-order valence-electron chi connectivity index (χ1n) is 10.3. The zero-order valence-electron chi connectivity index (χ0n) is 17.6. The summed E-state index contributed by atoms with van der Waals surface area (Å²) in [5.74, 6) is 1.17. The summed E-state index contributed by atoms with van der Waals surface area (Å²) in [5, 5.41) is 9.41. The molecule has 3 N–H and O–H groups in total. The lowest BCUT2D eigenvalue weighted by atomic mass is 10.0. The van der Waals surface area contributed by atoms with Crippen LogP contribution in [0.3, 0.4) is 0 Å². The number of ketones is 1. The molecule has 1 aromatic heterocycles. The summed E-state index contributed by atoms with van der Waals surface area (Å²) in [6, 6.07) is 17.6. The largest absolute Gasteiger partial charge is 0.362 e. The van der Waals surface area contributed by atoms with Gasteiger partial charge in [0.1, 0.15) is 5.82 Å². The number of rotatable bonds is 8. The molecule has 1 saturated carbocycles. The standard InChI is InChI=1S/C24H25N5O2/c1-15(30)21-14-25-24(27-20-10-6-9-19(13-20)26-16(2)31)29-23(21)28-22(18-11-12-18)17-7-4-3-5-8-17/h3-10,13-14,18,22H,11-12H2,1-2H3,(H,26,31)(H2,25,27,28,29). The van der Waals surface area contributed by atoms with Crippen LogP contribution in [0.1, 0.15) is 48.7 Å². The van der Waals surface area contributed by atoms with E-state index in [0.29, 0.717) is 28.9 Å². The van der Waals surface area contributed by atoms with Crippen LogP contribution in [0.25, 0.3) is 0 Å². The molecule has 4 rings (SSSR count). The van der Waals surface area contributed by atoms with E-state index in [4.69, 9.17) is 0 Å². The number of hydrogen-bond donors (Lipinski definition) is 3. The van der Waals surface area contributed by atoms with Crippen LogP contribution in [-0.2, 0) is 4.79 Å². The summed E-state index contributed by atoms with van der Waals surface area (Å²) in [4.78, 5) is 32.4. The molecule has 1 unspecified atom stereocenters. The smallest absolute Gasteiger partial charge is 0.229 e. The zero-order valence-corrected chi connectivity index (χ0v) is 17.6. The first kappa shape index (κ1) is 20.5. The van der Waals surface area contributed by atoms with Crippen LogP contribution in [0.2, 0.25) is 0 Å². The van der Waals surface area contributed by atoms with Crippen LogP contribution in [0.15, 0.2) is 60.8 Å². The summed E-state index contributed by atoms with van der Waals surface area (Å²) < 4.78 is 0. The average molecular weight is 415 g/mol. The van der Waals surface area contributed by atoms with E-state index < -0.39 is 0 Å². The third kappa shape index (κ3) is 5.25. The SMILES string of the molecule is CC(=O)Nc1cccc(Nc2ncc(C(C)=O)c(NC(c3ccccc3)C3CC3)n2)c1. The fourth-order valence-electron chi connectivity index (χ4n) is 3.53. The van der Waals surface area contributed by atoms with Gasteiger partial charge in [0.15, 0.2) is 5.78 Å². The molecular weight excluding hydrogens is 390 g/mol. The van der Waals surface area contributed by atoms with Gasteiger partial charge in [0.05, 0.1) is 11.6 Å². The summed E-state index contributed by atoms with van der Waals surface area (Å²) in [6.45, 7) is 2.98. The highest BCUT2D eigenvalue weighted by Crippen LogP contribution is 2.43. The Morgan fingerprint density at radius 1 is 1.00 bits per heavy atom. The number of nitrogens with one attached hydrogen (secondary N) is 3. The second-order valence-electron chi connectivity index (χ2n) is 7.77. The predicted octanol–water partition coefficient (Wildman–Crippen LogP) is 4.94. The molecule has 0 radical (unpaired) electrons. The van der Waals surface area contributed by atoms with E-state index in [1.54, 1.807) is 18.3 Å². The molecule has 0 bridgehead atoms. The van der Waals surface area contributed by atoms with E-state index in [1.165, 1.54) is 19.4 Å². The number of nitrogens with zero attached hydrogens (tertiary/aromatic N) is 2. The quantitative estimate of drug-likeness (QED) is 0.451. The van der Waals surface area contributed by atoms with Crippen molar-refractivity contribution in [2.75, 3.05) is 16.0 Å². The molecule has 2 aromatic carbocycles. The highest BCUT2D eigenvalue weighted by Gasteiger charge is 2.33. The van der Waals surface area contributed by atoms with E-state index >= 15 is 0 Å². The Balaban J connectivity index is 1.61. The predicted molar refractivity (Wildman–Crippen MR) is 122 cm³/mol. The lowest BCUT2D eigenvalue weighted by Gasteiger charge is -2.21. The number of amides is 1. The van der Waals surface area contributed by atoms with Gasteiger partial charge in [-0.15, -0.1) is 0 Å². The van der Waals surface area contributed by atoms with Gasteiger partial charge in [-0.05, 0) is 49.4 Å². The second kappa shape index (κ2) is 8.95. The van der Waals surface area contributed by atoms with Gasteiger partial charge in [-0.3, -0.25) is 9.59 Å². The van der Waals surface area contributed by atoms with Crippen LogP contribution in [-0.4, -0.2) is 21.7 Å². The highest BCUT2D eigenvalue weighted by atomic mass is 16.1. The molecule has 3 aromatic rings. The van der Waals surface area contributed by atoms with Gasteiger partial charge in [0.25, 0.3) is 0 Å². The average Bonchev–Trinajstić information content (AvgIpc) is 3.57. The molecule has 158 valence electrons. The summed E-state index contributed by atoms with van der Waals surface area (Å²) in [7, 11) is 0. The maximum absolute atomic E-state index is 12.2. The van der Waals surface area contributed by atoms with Crippen LogP contribution < -0.4 is 16.0 Å². The molecule has 1 fully saturated rings.